The highest BCUT2D eigenvalue weighted by molar-refractivity contribution is 5.77. The minimum atomic E-state index is 0.0956. The van der Waals surface area contributed by atoms with Crippen LogP contribution in [0.15, 0.2) is 0 Å². The third-order valence-corrected chi connectivity index (χ3v) is 2.67. The fourth-order valence-electron chi connectivity index (χ4n) is 1.67. The second-order valence-corrected chi connectivity index (χ2v) is 4.18. The zero-order valence-corrected chi connectivity index (χ0v) is 9.86. The van der Waals surface area contributed by atoms with Gasteiger partial charge >= 0.3 is 0 Å². The number of likely N-dealkylation sites (tertiary alicyclic amines) is 1. The predicted octanol–water partition coefficient (Wildman–Crippen LogP) is 1.05. The Bertz CT molecular complexity index is 198. The Kier molecular flexibility index (Phi) is 5.05. The fourth-order valence-corrected chi connectivity index (χ4v) is 1.67. The molecule has 1 aliphatic rings. The van der Waals surface area contributed by atoms with Gasteiger partial charge in [-0.05, 0) is 26.7 Å². The molecular formula is C11H21NO3. The number of methoxy groups -OCH3 is 1. The van der Waals surface area contributed by atoms with Gasteiger partial charge in [-0.1, -0.05) is 0 Å². The van der Waals surface area contributed by atoms with Crippen molar-refractivity contribution < 1.29 is 14.3 Å². The van der Waals surface area contributed by atoms with Crippen molar-refractivity contribution >= 4 is 5.91 Å². The van der Waals surface area contributed by atoms with Gasteiger partial charge in [-0.15, -0.1) is 0 Å². The molecule has 0 N–H and O–H groups in total. The van der Waals surface area contributed by atoms with Gasteiger partial charge in [-0.25, -0.2) is 0 Å². The van der Waals surface area contributed by atoms with E-state index in [9.17, 15) is 4.79 Å². The average Bonchev–Trinajstić information content (AvgIpc) is 2.26. The molecule has 1 fully saturated rings. The molecule has 1 amide bonds. The molecule has 15 heavy (non-hydrogen) atoms. The van der Waals surface area contributed by atoms with Crippen molar-refractivity contribution in [2.45, 2.75) is 38.9 Å². The maximum Gasteiger partial charge on any atom is 0.248 e. The molecule has 1 aliphatic heterocycles. The Morgan fingerprint density at radius 3 is 2.47 bits per heavy atom. The van der Waals surface area contributed by atoms with E-state index in [2.05, 4.69) is 0 Å². The minimum absolute atomic E-state index is 0.0956. The first-order valence-electron chi connectivity index (χ1n) is 5.55. The van der Waals surface area contributed by atoms with Crippen LogP contribution in [0.25, 0.3) is 0 Å². The van der Waals surface area contributed by atoms with E-state index in [4.69, 9.17) is 9.47 Å². The van der Waals surface area contributed by atoms with Gasteiger partial charge in [-0.3, -0.25) is 4.79 Å². The van der Waals surface area contributed by atoms with Crippen molar-refractivity contribution in [2.75, 3.05) is 26.8 Å². The number of carbonyl (C=O) groups is 1. The third kappa shape index (κ3) is 4.18. The molecule has 0 aromatic carbocycles. The second kappa shape index (κ2) is 6.08. The maximum absolute atomic E-state index is 11.7. The molecule has 0 bridgehead atoms. The summed E-state index contributed by atoms with van der Waals surface area (Å²) in [6, 6.07) is 0. The molecule has 0 saturated carbocycles. The number of carbonyl (C=O) groups excluding carboxylic acids is 1. The summed E-state index contributed by atoms with van der Waals surface area (Å²) in [6.07, 6.45) is 2.30. The number of hydrogen-bond donors (Lipinski definition) is 0. The molecule has 88 valence electrons. The number of nitrogens with zero attached hydrogens (tertiary/aromatic N) is 1. The standard InChI is InChI=1S/C11H21NO3/c1-9(2)15-8-11(13)12-6-4-10(14-3)5-7-12/h9-10H,4-8H2,1-3H3. The van der Waals surface area contributed by atoms with Crippen molar-refractivity contribution in [1.82, 2.24) is 4.90 Å². The van der Waals surface area contributed by atoms with E-state index in [1.165, 1.54) is 0 Å². The Morgan fingerprint density at radius 1 is 1.40 bits per heavy atom. The molecule has 1 saturated heterocycles. The van der Waals surface area contributed by atoms with Crippen LogP contribution in [0.1, 0.15) is 26.7 Å². The summed E-state index contributed by atoms with van der Waals surface area (Å²) in [5, 5.41) is 0. The molecule has 0 atom stereocenters. The number of amides is 1. The summed E-state index contributed by atoms with van der Waals surface area (Å²) >= 11 is 0. The van der Waals surface area contributed by atoms with Gasteiger partial charge < -0.3 is 14.4 Å². The normalized spacial score (nSPS) is 18.5. The smallest absolute Gasteiger partial charge is 0.248 e. The number of piperidine rings is 1. The maximum atomic E-state index is 11.7. The van der Waals surface area contributed by atoms with Gasteiger partial charge in [0.25, 0.3) is 0 Å². The summed E-state index contributed by atoms with van der Waals surface area (Å²) in [4.78, 5) is 13.5. The Hall–Kier alpha value is -0.610. The first kappa shape index (κ1) is 12.5. The molecular weight excluding hydrogens is 194 g/mol. The lowest BCUT2D eigenvalue weighted by atomic mass is 10.1. The molecule has 0 aliphatic carbocycles. The Labute approximate surface area is 91.5 Å². The molecule has 4 heteroatoms. The molecule has 0 unspecified atom stereocenters. The number of rotatable bonds is 4. The van der Waals surface area contributed by atoms with Gasteiger partial charge in [0.2, 0.25) is 5.91 Å². The summed E-state index contributed by atoms with van der Waals surface area (Å²) in [7, 11) is 1.73. The Morgan fingerprint density at radius 2 is 2.00 bits per heavy atom. The molecule has 0 aromatic heterocycles. The monoisotopic (exact) mass is 215 g/mol. The second-order valence-electron chi connectivity index (χ2n) is 4.18. The molecule has 0 spiro atoms. The third-order valence-electron chi connectivity index (χ3n) is 2.67. The van der Waals surface area contributed by atoms with Gasteiger partial charge in [0.15, 0.2) is 0 Å². The van der Waals surface area contributed by atoms with E-state index in [-0.39, 0.29) is 18.6 Å². The molecule has 1 heterocycles. The van der Waals surface area contributed by atoms with Crippen molar-refractivity contribution in [3.8, 4) is 0 Å². The number of ether oxygens (including phenoxy) is 2. The zero-order valence-electron chi connectivity index (χ0n) is 9.86. The fraction of sp³-hybridized carbons (Fsp3) is 0.909. The predicted molar refractivity (Wildman–Crippen MR) is 57.7 cm³/mol. The van der Waals surface area contributed by atoms with E-state index < -0.39 is 0 Å². The van der Waals surface area contributed by atoms with Crippen LogP contribution in [0.5, 0.6) is 0 Å². The van der Waals surface area contributed by atoms with Crippen molar-refractivity contribution in [3.63, 3.8) is 0 Å². The van der Waals surface area contributed by atoms with Gasteiger partial charge in [-0.2, -0.15) is 0 Å². The highest BCUT2D eigenvalue weighted by atomic mass is 16.5. The van der Waals surface area contributed by atoms with Crippen molar-refractivity contribution in [3.05, 3.63) is 0 Å². The van der Waals surface area contributed by atoms with Gasteiger partial charge in [0, 0.05) is 20.2 Å². The van der Waals surface area contributed by atoms with Crippen molar-refractivity contribution in [2.24, 2.45) is 0 Å². The lowest BCUT2D eigenvalue weighted by Gasteiger charge is -2.31. The minimum Gasteiger partial charge on any atom is -0.381 e. The van der Waals surface area contributed by atoms with E-state index in [0.29, 0.717) is 6.10 Å². The van der Waals surface area contributed by atoms with E-state index in [0.717, 1.165) is 25.9 Å². The molecule has 0 radical (unpaired) electrons. The molecule has 4 nitrogen and oxygen atoms in total. The van der Waals surface area contributed by atoms with Crippen LogP contribution in [0.4, 0.5) is 0 Å². The van der Waals surface area contributed by atoms with E-state index in [1.807, 2.05) is 18.7 Å². The quantitative estimate of drug-likeness (QED) is 0.703. The first-order chi connectivity index (χ1) is 7.13. The van der Waals surface area contributed by atoms with Crippen LogP contribution in [0.2, 0.25) is 0 Å². The SMILES string of the molecule is COC1CCN(C(=O)COC(C)C)CC1. The highest BCUT2D eigenvalue weighted by Crippen LogP contribution is 2.12. The van der Waals surface area contributed by atoms with Crippen LogP contribution >= 0.6 is 0 Å². The summed E-state index contributed by atoms with van der Waals surface area (Å²) < 4.78 is 10.5. The summed E-state index contributed by atoms with van der Waals surface area (Å²) in [5.74, 6) is 0.0956. The summed E-state index contributed by atoms with van der Waals surface area (Å²) in [6.45, 7) is 5.65. The number of hydrogen-bond acceptors (Lipinski definition) is 3. The van der Waals surface area contributed by atoms with Crippen LogP contribution in [-0.2, 0) is 14.3 Å². The highest BCUT2D eigenvalue weighted by Gasteiger charge is 2.22. The van der Waals surface area contributed by atoms with Crippen LogP contribution < -0.4 is 0 Å². The molecule has 0 aromatic rings. The molecule has 1 rings (SSSR count). The van der Waals surface area contributed by atoms with Gasteiger partial charge in [0.1, 0.15) is 6.61 Å². The topological polar surface area (TPSA) is 38.8 Å². The Balaban J connectivity index is 2.24. The lowest BCUT2D eigenvalue weighted by Crippen LogP contribution is -2.42. The van der Waals surface area contributed by atoms with Crippen molar-refractivity contribution in [1.29, 1.82) is 0 Å². The van der Waals surface area contributed by atoms with E-state index >= 15 is 0 Å². The van der Waals surface area contributed by atoms with Crippen LogP contribution in [0, 0.1) is 0 Å². The summed E-state index contributed by atoms with van der Waals surface area (Å²) in [5.41, 5.74) is 0. The van der Waals surface area contributed by atoms with Gasteiger partial charge in [0.05, 0.1) is 12.2 Å². The van der Waals surface area contributed by atoms with E-state index in [1.54, 1.807) is 7.11 Å². The van der Waals surface area contributed by atoms with Crippen LogP contribution in [-0.4, -0.2) is 49.8 Å². The average molecular weight is 215 g/mol. The van der Waals surface area contributed by atoms with Crippen LogP contribution in [0.3, 0.4) is 0 Å². The lowest BCUT2D eigenvalue weighted by molar-refractivity contribution is -0.139. The first-order valence-corrected chi connectivity index (χ1v) is 5.55. The largest absolute Gasteiger partial charge is 0.381 e. The zero-order chi connectivity index (χ0) is 11.3.